The van der Waals surface area contributed by atoms with Gasteiger partial charge in [0.2, 0.25) is 23.5 Å². The van der Waals surface area contributed by atoms with E-state index in [-0.39, 0.29) is 17.7 Å². The minimum atomic E-state index is -0.692. The molecule has 1 saturated carbocycles. The molecule has 2 aliphatic rings. The fourth-order valence-corrected chi connectivity index (χ4v) is 6.25. The first-order valence-corrected chi connectivity index (χ1v) is 14.3. The number of imidazole rings is 1. The van der Waals surface area contributed by atoms with E-state index < -0.39 is 5.76 Å². The summed E-state index contributed by atoms with van der Waals surface area (Å²) in [4.78, 5) is 40.1. The predicted octanol–water partition coefficient (Wildman–Crippen LogP) is 4.74. The van der Waals surface area contributed by atoms with Crippen molar-refractivity contribution in [2.75, 3.05) is 11.4 Å². The standard InChI is InChI=1S/C27H29ClN10O3/c1-14-5-7-16(8-6-14)13-38-21-20(17-10-18(28)12-29-11-17)31-23(24-34-27(39)41-36-24)32-22(21)33-26(38)37-9-3-4-19(37)25-30-15(2)35-40-25/h10-12,14,16,19H,3-9,13H2,1-2H3,(H,34,36,39). The molecule has 1 unspecified atom stereocenters. The summed E-state index contributed by atoms with van der Waals surface area (Å²) < 4.78 is 12.6. The Hall–Kier alpha value is -4.13. The second-order valence-electron chi connectivity index (χ2n) is 11.1. The number of nitrogens with zero attached hydrogens (tertiary/aromatic N) is 9. The van der Waals surface area contributed by atoms with Crippen molar-refractivity contribution in [3.8, 4) is 22.9 Å². The smallest absolute Gasteiger partial charge is 0.337 e. The predicted molar refractivity (Wildman–Crippen MR) is 149 cm³/mol. The maximum Gasteiger partial charge on any atom is 0.439 e. The summed E-state index contributed by atoms with van der Waals surface area (Å²) in [6, 6.07) is 1.71. The van der Waals surface area contributed by atoms with E-state index >= 15 is 0 Å². The minimum absolute atomic E-state index is 0.103. The van der Waals surface area contributed by atoms with Gasteiger partial charge < -0.3 is 14.0 Å². The molecule has 0 bridgehead atoms. The van der Waals surface area contributed by atoms with Crippen LogP contribution in [0.4, 0.5) is 5.95 Å². The minimum Gasteiger partial charge on any atom is -0.337 e. The Kier molecular flexibility index (Phi) is 6.53. The van der Waals surface area contributed by atoms with Crippen molar-refractivity contribution in [1.29, 1.82) is 0 Å². The molecule has 212 valence electrons. The second-order valence-corrected chi connectivity index (χ2v) is 11.5. The number of pyridine rings is 1. The molecule has 1 saturated heterocycles. The average molecular weight is 577 g/mol. The summed E-state index contributed by atoms with van der Waals surface area (Å²) in [5, 5.41) is 8.34. The number of H-pyrrole nitrogens is 1. The van der Waals surface area contributed by atoms with Gasteiger partial charge in [-0.25, -0.2) is 14.8 Å². The van der Waals surface area contributed by atoms with Gasteiger partial charge >= 0.3 is 5.76 Å². The van der Waals surface area contributed by atoms with E-state index in [4.69, 9.17) is 35.6 Å². The molecule has 5 aromatic rings. The van der Waals surface area contributed by atoms with E-state index in [1.807, 2.05) is 13.0 Å². The van der Waals surface area contributed by atoms with Crippen molar-refractivity contribution in [3.63, 3.8) is 0 Å². The fraction of sp³-hybridized carbons (Fsp3) is 0.481. The van der Waals surface area contributed by atoms with Gasteiger partial charge in [-0.15, -0.1) is 0 Å². The molecule has 1 N–H and O–H groups in total. The van der Waals surface area contributed by atoms with Crippen LogP contribution in [-0.4, -0.2) is 51.3 Å². The molecule has 1 atom stereocenters. The van der Waals surface area contributed by atoms with Gasteiger partial charge in [0.05, 0.1) is 5.02 Å². The van der Waals surface area contributed by atoms with Crippen molar-refractivity contribution >= 4 is 28.7 Å². The van der Waals surface area contributed by atoms with Crippen LogP contribution in [0.2, 0.25) is 5.02 Å². The maximum atomic E-state index is 11.8. The topological polar surface area (TPSA) is 158 Å². The van der Waals surface area contributed by atoms with Gasteiger partial charge in [-0.2, -0.15) is 9.97 Å². The highest BCUT2D eigenvalue weighted by Gasteiger charge is 2.36. The number of aromatic amines is 1. The number of aromatic nitrogens is 9. The zero-order valence-electron chi connectivity index (χ0n) is 22.7. The highest BCUT2D eigenvalue weighted by Crippen LogP contribution is 2.40. The van der Waals surface area contributed by atoms with Gasteiger partial charge in [-0.3, -0.25) is 14.5 Å². The Morgan fingerprint density at radius 2 is 1.90 bits per heavy atom. The van der Waals surface area contributed by atoms with Crippen LogP contribution >= 0.6 is 11.6 Å². The summed E-state index contributed by atoms with van der Waals surface area (Å²) in [6.45, 7) is 5.68. The van der Waals surface area contributed by atoms with Crippen LogP contribution in [-0.2, 0) is 6.54 Å². The van der Waals surface area contributed by atoms with E-state index in [1.54, 1.807) is 12.4 Å². The van der Waals surface area contributed by atoms with Crippen LogP contribution in [0.5, 0.6) is 0 Å². The Bertz CT molecular complexity index is 1770. The normalized spacial score (nSPS) is 21.2. The number of fused-ring (bicyclic) bond motifs is 1. The second kappa shape index (κ2) is 10.4. The lowest BCUT2D eigenvalue weighted by Gasteiger charge is -2.29. The molecule has 1 aliphatic heterocycles. The highest BCUT2D eigenvalue weighted by atomic mass is 35.5. The van der Waals surface area contributed by atoms with Gasteiger partial charge in [0.1, 0.15) is 17.3 Å². The van der Waals surface area contributed by atoms with Gasteiger partial charge in [0.25, 0.3) is 0 Å². The first kappa shape index (κ1) is 25.8. The molecule has 14 heteroatoms. The molecule has 41 heavy (non-hydrogen) atoms. The zero-order valence-corrected chi connectivity index (χ0v) is 23.5. The monoisotopic (exact) mass is 576 g/mol. The van der Waals surface area contributed by atoms with Crippen LogP contribution in [0.15, 0.2) is 32.3 Å². The summed E-state index contributed by atoms with van der Waals surface area (Å²) >= 11 is 6.38. The van der Waals surface area contributed by atoms with Crippen LogP contribution in [0, 0.1) is 18.8 Å². The van der Waals surface area contributed by atoms with Crippen molar-refractivity contribution in [2.45, 2.75) is 65.0 Å². The van der Waals surface area contributed by atoms with E-state index in [2.05, 4.69) is 41.7 Å². The van der Waals surface area contributed by atoms with Crippen LogP contribution in [0.3, 0.4) is 0 Å². The van der Waals surface area contributed by atoms with Crippen LogP contribution in [0.1, 0.15) is 63.2 Å². The molecular formula is C27H29ClN10O3. The molecule has 7 rings (SSSR count). The van der Waals surface area contributed by atoms with Crippen molar-refractivity contribution in [3.05, 3.63) is 45.7 Å². The molecule has 0 spiro atoms. The lowest BCUT2D eigenvalue weighted by Crippen LogP contribution is -2.28. The van der Waals surface area contributed by atoms with Gasteiger partial charge in [0.15, 0.2) is 11.5 Å². The molecule has 2 fully saturated rings. The van der Waals surface area contributed by atoms with E-state index in [0.29, 0.717) is 39.6 Å². The summed E-state index contributed by atoms with van der Waals surface area (Å²) in [5.74, 6) is 2.78. The Labute approximate surface area is 239 Å². The number of anilines is 1. The number of aryl methyl sites for hydroxylation is 1. The number of nitrogens with one attached hydrogen (secondary N) is 1. The zero-order chi connectivity index (χ0) is 28.1. The van der Waals surface area contributed by atoms with Gasteiger partial charge in [-0.1, -0.05) is 41.7 Å². The molecule has 0 radical (unpaired) electrons. The third-order valence-corrected chi connectivity index (χ3v) is 8.33. The molecule has 13 nitrogen and oxygen atoms in total. The molecule has 0 aromatic carbocycles. The van der Waals surface area contributed by atoms with E-state index in [1.165, 1.54) is 12.8 Å². The lowest BCUT2D eigenvalue weighted by atomic mass is 9.83. The van der Waals surface area contributed by atoms with E-state index in [9.17, 15) is 4.79 Å². The number of halogens is 1. The number of hydrogen-bond acceptors (Lipinski definition) is 11. The Morgan fingerprint density at radius 1 is 1.05 bits per heavy atom. The third kappa shape index (κ3) is 4.88. The first-order chi connectivity index (χ1) is 19.9. The summed E-state index contributed by atoms with van der Waals surface area (Å²) in [6.07, 6.45) is 9.79. The van der Waals surface area contributed by atoms with Gasteiger partial charge in [0, 0.05) is 31.0 Å². The first-order valence-electron chi connectivity index (χ1n) is 14.0. The number of hydrogen-bond donors (Lipinski definition) is 1. The van der Waals surface area contributed by atoms with Gasteiger partial charge in [-0.05, 0) is 50.5 Å². The highest BCUT2D eigenvalue weighted by molar-refractivity contribution is 6.30. The Morgan fingerprint density at radius 3 is 2.63 bits per heavy atom. The lowest BCUT2D eigenvalue weighted by molar-refractivity contribution is 0.266. The summed E-state index contributed by atoms with van der Waals surface area (Å²) in [7, 11) is 0. The maximum absolute atomic E-state index is 11.8. The van der Waals surface area contributed by atoms with Crippen LogP contribution < -0.4 is 10.7 Å². The molecule has 0 amide bonds. The quantitative estimate of drug-likeness (QED) is 0.297. The van der Waals surface area contributed by atoms with Crippen molar-refractivity contribution in [1.82, 2.24) is 44.8 Å². The Balaban J connectivity index is 1.44. The summed E-state index contributed by atoms with van der Waals surface area (Å²) in [5.41, 5.74) is 2.54. The van der Waals surface area contributed by atoms with Crippen molar-refractivity contribution in [2.24, 2.45) is 11.8 Å². The number of rotatable bonds is 6. The SMILES string of the molecule is Cc1noc(C2CCCN2c2nc3nc(-c4noc(=O)[nH]4)nc(-c4cncc(Cl)c4)c3n2CC2CCC(C)CC2)n1. The molecule has 5 aromatic heterocycles. The average Bonchev–Trinajstić information content (AvgIpc) is 3.76. The van der Waals surface area contributed by atoms with Crippen molar-refractivity contribution < 1.29 is 9.05 Å². The van der Waals surface area contributed by atoms with Crippen LogP contribution in [0.25, 0.3) is 34.1 Å². The van der Waals surface area contributed by atoms with E-state index in [0.717, 1.165) is 56.2 Å². The molecule has 1 aliphatic carbocycles. The fourth-order valence-electron chi connectivity index (χ4n) is 6.07. The molecular weight excluding hydrogens is 548 g/mol. The third-order valence-electron chi connectivity index (χ3n) is 8.13. The molecule has 6 heterocycles. The largest absolute Gasteiger partial charge is 0.439 e.